The van der Waals surface area contributed by atoms with E-state index in [0.717, 1.165) is 37.0 Å². The first kappa shape index (κ1) is 25.6. The second kappa shape index (κ2) is 11.9. The summed E-state index contributed by atoms with van der Waals surface area (Å²) >= 11 is 1.05. The number of esters is 1. The average molecular weight is 495 g/mol. The number of benzene rings is 1. The fourth-order valence-corrected chi connectivity index (χ4v) is 4.93. The van der Waals surface area contributed by atoms with Crippen LogP contribution < -0.4 is 24.8 Å². The van der Waals surface area contributed by atoms with Gasteiger partial charge in [-0.25, -0.2) is 4.79 Å². The van der Waals surface area contributed by atoms with Crippen molar-refractivity contribution in [1.29, 1.82) is 0 Å². The average Bonchev–Trinajstić information content (AvgIpc) is 3.05. The van der Waals surface area contributed by atoms with Gasteiger partial charge < -0.3 is 14.8 Å². The van der Waals surface area contributed by atoms with Gasteiger partial charge in [0.15, 0.2) is 0 Å². The first-order valence-electron chi connectivity index (χ1n) is 11.2. The van der Waals surface area contributed by atoms with Crippen LogP contribution in [0.4, 0.5) is 8.78 Å². The highest BCUT2D eigenvalue weighted by Crippen LogP contribution is 2.23. The maximum absolute atomic E-state index is 13.1. The Morgan fingerprint density at radius 3 is 2.59 bits per heavy atom. The van der Waals surface area contributed by atoms with E-state index in [1.165, 1.54) is 34.9 Å². The van der Waals surface area contributed by atoms with Gasteiger partial charge in [-0.05, 0) is 49.5 Å². The molecule has 1 fully saturated rings. The Morgan fingerprint density at radius 1 is 1.24 bits per heavy atom. The number of amides is 1. The lowest BCUT2D eigenvalue weighted by atomic mass is 9.86. The Hall–Kier alpha value is -3.01. The summed E-state index contributed by atoms with van der Waals surface area (Å²) in [6, 6.07) is 5.87. The van der Waals surface area contributed by atoms with Crippen molar-refractivity contribution >= 4 is 35.4 Å². The van der Waals surface area contributed by atoms with Gasteiger partial charge in [0.05, 0.1) is 17.2 Å². The van der Waals surface area contributed by atoms with Crippen LogP contribution in [0.2, 0.25) is 0 Å². The fourth-order valence-electron chi connectivity index (χ4n) is 3.90. The predicted octanol–water partition coefficient (Wildman–Crippen LogP) is 2.38. The molecule has 1 amide bonds. The highest BCUT2D eigenvalue weighted by Gasteiger charge is 2.23. The molecule has 10 heteroatoms. The Balaban J connectivity index is 1.91. The Morgan fingerprint density at radius 2 is 1.94 bits per heavy atom. The molecule has 0 spiro atoms. The van der Waals surface area contributed by atoms with Crippen molar-refractivity contribution in [2.24, 2.45) is 5.92 Å². The quantitative estimate of drug-likeness (QED) is 0.570. The van der Waals surface area contributed by atoms with E-state index < -0.39 is 18.1 Å². The van der Waals surface area contributed by atoms with Gasteiger partial charge in [-0.15, -0.1) is 11.3 Å². The van der Waals surface area contributed by atoms with Crippen molar-refractivity contribution in [3.63, 3.8) is 0 Å². The summed E-state index contributed by atoms with van der Waals surface area (Å²) in [4.78, 5) is 37.9. The number of aromatic nitrogens is 1. The van der Waals surface area contributed by atoms with E-state index in [2.05, 4.69) is 17.0 Å². The molecule has 1 heterocycles. The van der Waals surface area contributed by atoms with Crippen molar-refractivity contribution < 1.29 is 27.8 Å². The van der Waals surface area contributed by atoms with E-state index in [9.17, 15) is 23.2 Å². The number of carbonyl (C=O) groups is 2. The number of rotatable bonds is 8. The van der Waals surface area contributed by atoms with Crippen LogP contribution in [-0.4, -0.2) is 35.7 Å². The van der Waals surface area contributed by atoms with E-state index in [0.29, 0.717) is 16.1 Å². The number of ether oxygens (including phenoxy) is 2. The standard InChI is InChI=1S/C24H28F2N2O5S/c1-3-32-22(30)13-21-28(14-20(29)27-18-7-5-4-6-15(18)2)23(31)19(34-21)12-16-8-10-17(11-9-16)33-24(25)26/h8-13,15,18,24H,3-7,14H2,1-2H3,(H,27,29)/b19-12-,21-13-. The Bertz CT molecular complexity index is 1170. The van der Waals surface area contributed by atoms with Crippen LogP contribution >= 0.6 is 11.3 Å². The van der Waals surface area contributed by atoms with Gasteiger partial charge in [0, 0.05) is 6.04 Å². The van der Waals surface area contributed by atoms with E-state index in [1.54, 1.807) is 13.0 Å². The number of alkyl halides is 2. The van der Waals surface area contributed by atoms with Crippen LogP contribution in [0.5, 0.6) is 5.75 Å². The van der Waals surface area contributed by atoms with Gasteiger partial charge in [-0.3, -0.25) is 14.2 Å². The number of nitrogens with zero attached hydrogens (tertiary/aromatic N) is 1. The first-order chi connectivity index (χ1) is 16.3. The van der Waals surface area contributed by atoms with Gasteiger partial charge in [0.1, 0.15) is 17.0 Å². The summed E-state index contributed by atoms with van der Waals surface area (Å²) < 4.78 is 35.8. The zero-order valence-corrected chi connectivity index (χ0v) is 19.9. The van der Waals surface area contributed by atoms with E-state index >= 15 is 0 Å². The maximum Gasteiger partial charge on any atom is 0.387 e. The topological polar surface area (TPSA) is 86.6 Å². The molecule has 34 heavy (non-hydrogen) atoms. The molecule has 0 bridgehead atoms. The molecule has 1 aromatic carbocycles. The van der Waals surface area contributed by atoms with Crippen molar-refractivity contribution in [2.75, 3.05) is 6.61 Å². The Kier molecular flexibility index (Phi) is 8.98. The molecule has 1 aliphatic carbocycles. The van der Waals surface area contributed by atoms with Crippen LogP contribution in [-0.2, 0) is 20.9 Å². The minimum Gasteiger partial charge on any atom is -0.463 e. The molecule has 2 aromatic rings. The van der Waals surface area contributed by atoms with Crippen LogP contribution in [0, 0.1) is 5.92 Å². The minimum atomic E-state index is -2.93. The number of thiazole rings is 1. The van der Waals surface area contributed by atoms with Gasteiger partial charge >= 0.3 is 12.6 Å². The predicted molar refractivity (Wildman–Crippen MR) is 125 cm³/mol. The van der Waals surface area contributed by atoms with Crippen molar-refractivity contribution in [1.82, 2.24) is 9.88 Å². The maximum atomic E-state index is 13.1. The molecule has 0 saturated heterocycles. The number of hydrogen-bond donors (Lipinski definition) is 1. The smallest absolute Gasteiger partial charge is 0.387 e. The minimum absolute atomic E-state index is 0.000635. The first-order valence-corrected chi connectivity index (χ1v) is 12.0. The molecular formula is C24H28F2N2O5S. The lowest BCUT2D eigenvalue weighted by Crippen LogP contribution is -2.45. The van der Waals surface area contributed by atoms with Crippen molar-refractivity contribution in [3.05, 3.63) is 49.4 Å². The molecular weight excluding hydrogens is 466 g/mol. The van der Waals surface area contributed by atoms with Crippen LogP contribution in [0.3, 0.4) is 0 Å². The molecule has 1 N–H and O–H groups in total. The zero-order chi connectivity index (χ0) is 24.7. The second-order valence-electron chi connectivity index (χ2n) is 8.12. The van der Waals surface area contributed by atoms with E-state index in [-0.39, 0.29) is 35.4 Å². The van der Waals surface area contributed by atoms with Gasteiger partial charge in [-0.1, -0.05) is 31.9 Å². The molecule has 0 aliphatic heterocycles. The molecule has 1 saturated carbocycles. The highest BCUT2D eigenvalue weighted by atomic mass is 32.1. The summed E-state index contributed by atoms with van der Waals surface area (Å²) in [6.45, 7) is 0.802. The summed E-state index contributed by atoms with van der Waals surface area (Å²) in [5.41, 5.74) is 0.149. The third-order valence-corrected chi connectivity index (χ3v) is 6.69. The highest BCUT2D eigenvalue weighted by molar-refractivity contribution is 7.07. The SMILES string of the molecule is CCOC(=O)/C=c1\s/c(=C\c2ccc(OC(F)F)cc2)c(=O)n1CC(=O)NC1CCCCC1C. The third-order valence-electron chi connectivity index (χ3n) is 5.63. The van der Waals surface area contributed by atoms with Gasteiger partial charge in [0.25, 0.3) is 5.56 Å². The fraction of sp³-hybridized carbons (Fsp3) is 0.458. The van der Waals surface area contributed by atoms with Gasteiger partial charge in [-0.2, -0.15) is 8.78 Å². The normalized spacial score (nSPS) is 19.3. The lowest BCUT2D eigenvalue weighted by molar-refractivity contribution is -0.135. The largest absolute Gasteiger partial charge is 0.463 e. The summed E-state index contributed by atoms with van der Waals surface area (Å²) in [5.74, 6) is -0.542. The summed E-state index contributed by atoms with van der Waals surface area (Å²) in [7, 11) is 0. The van der Waals surface area contributed by atoms with E-state index in [4.69, 9.17) is 4.74 Å². The molecule has 1 aliphatic rings. The molecule has 1 aromatic heterocycles. The molecule has 3 rings (SSSR count). The zero-order valence-electron chi connectivity index (χ0n) is 19.1. The number of halogens is 2. The molecule has 2 atom stereocenters. The molecule has 184 valence electrons. The molecule has 7 nitrogen and oxygen atoms in total. The van der Waals surface area contributed by atoms with Crippen LogP contribution in [0.25, 0.3) is 12.2 Å². The van der Waals surface area contributed by atoms with Crippen molar-refractivity contribution in [3.8, 4) is 5.75 Å². The number of hydrogen-bond acceptors (Lipinski definition) is 6. The summed E-state index contributed by atoms with van der Waals surface area (Å²) in [6.07, 6.45) is 6.91. The number of carbonyl (C=O) groups excluding carboxylic acids is 2. The van der Waals surface area contributed by atoms with Crippen molar-refractivity contribution in [2.45, 2.75) is 58.7 Å². The molecule has 2 unspecified atom stereocenters. The third kappa shape index (κ3) is 6.99. The second-order valence-corrected chi connectivity index (χ2v) is 9.18. The van der Waals surface area contributed by atoms with Crippen LogP contribution in [0.1, 0.15) is 45.1 Å². The lowest BCUT2D eigenvalue weighted by Gasteiger charge is -2.29. The summed E-state index contributed by atoms with van der Waals surface area (Å²) in [5, 5.41) is 3.02. The Labute approximate surface area is 199 Å². The monoisotopic (exact) mass is 494 g/mol. The van der Waals surface area contributed by atoms with E-state index in [1.807, 2.05) is 0 Å². The van der Waals surface area contributed by atoms with Crippen LogP contribution in [0.15, 0.2) is 29.1 Å². The molecule has 0 radical (unpaired) electrons. The number of nitrogens with one attached hydrogen (secondary N) is 1. The van der Waals surface area contributed by atoms with Gasteiger partial charge in [0.2, 0.25) is 5.91 Å².